The van der Waals surface area contributed by atoms with E-state index in [0.717, 1.165) is 17.2 Å². The monoisotopic (exact) mass is 345 g/mol. The van der Waals surface area contributed by atoms with E-state index >= 15 is 0 Å². The van der Waals surface area contributed by atoms with Crippen molar-refractivity contribution in [2.75, 3.05) is 19.5 Å². The van der Waals surface area contributed by atoms with Gasteiger partial charge in [0.2, 0.25) is 0 Å². The van der Waals surface area contributed by atoms with Crippen molar-refractivity contribution >= 4 is 29.2 Å². The predicted molar refractivity (Wildman–Crippen MR) is 92.6 cm³/mol. The Morgan fingerprint density at radius 3 is 2.33 bits per heavy atom. The number of anilines is 1. The van der Waals surface area contributed by atoms with E-state index in [2.05, 4.69) is 14.8 Å². The fraction of sp³-hybridized carbons (Fsp3) is 0.111. The molecule has 2 aromatic rings. The first-order valence-corrected chi connectivity index (χ1v) is 7.42. The number of hydrogen-bond acceptors (Lipinski definition) is 5. The second-order valence-corrected chi connectivity index (χ2v) is 5.22. The predicted octanol–water partition coefficient (Wildman–Crippen LogP) is 3.65. The lowest BCUT2D eigenvalue weighted by Gasteiger charge is -2.10. The molecule has 5 nitrogen and oxygen atoms in total. The van der Waals surface area contributed by atoms with E-state index in [1.807, 2.05) is 30.3 Å². The molecule has 0 aliphatic carbocycles. The molecule has 24 heavy (non-hydrogen) atoms. The molecule has 0 aliphatic heterocycles. The van der Waals surface area contributed by atoms with Crippen LogP contribution >= 0.6 is 11.6 Å². The quantitative estimate of drug-likeness (QED) is 0.662. The maximum atomic E-state index is 11.8. The van der Waals surface area contributed by atoms with Crippen LogP contribution in [0.1, 0.15) is 0 Å². The average Bonchev–Trinajstić information content (AvgIpc) is 2.61. The highest BCUT2D eigenvalue weighted by Gasteiger charge is 2.13. The van der Waals surface area contributed by atoms with Crippen LogP contribution in [0.25, 0.3) is 11.1 Å². The van der Waals surface area contributed by atoms with Crippen LogP contribution in [0.4, 0.5) is 5.69 Å². The van der Waals surface area contributed by atoms with Crippen molar-refractivity contribution in [2.45, 2.75) is 0 Å². The van der Waals surface area contributed by atoms with Crippen molar-refractivity contribution in [3.8, 4) is 11.1 Å². The minimum atomic E-state index is -0.669. The number of halogens is 1. The Morgan fingerprint density at radius 2 is 1.71 bits per heavy atom. The Hall–Kier alpha value is -2.79. The molecular weight excluding hydrogens is 330 g/mol. The van der Waals surface area contributed by atoms with Crippen LogP contribution < -0.4 is 5.32 Å². The number of carbonyl (C=O) groups is 2. The summed E-state index contributed by atoms with van der Waals surface area (Å²) in [7, 11) is 2.47. The largest absolute Gasteiger partial charge is 0.466 e. The molecule has 0 saturated heterocycles. The van der Waals surface area contributed by atoms with Gasteiger partial charge in [-0.1, -0.05) is 35.9 Å². The summed E-state index contributed by atoms with van der Waals surface area (Å²) in [5, 5.41) is 3.53. The number of carbonyl (C=O) groups excluding carboxylic acids is 2. The molecule has 0 aliphatic rings. The van der Waals surface area contributed by atoms with Crippen LogP contribution in [-0.4, -0.2) is 26.2 Å². The van der Waals surface area contributed by atoms with Crippen LogP contribution in [0.3, 0.4) is 0 Å². The van der Waals surface area contributed by atoms with Crippen LogP contribution in [-0.2, 0) is 19.1 Å². The van der Waals surface area contributed by atoms with Crippen molar-refractivity contribution in [1.82, 2.24) is 0 Å². The van der Waals surface area contributed by atoms with Crippen molar-refractivity contribution in [2.24, 2.45) is 0 Å². The minimum Gasteiger partial charge on any atom is -0.466 e. The van der Waals surface area contributed by atoms with Crippen molar-refractivity contribution < 1.29 is 19.1 Å². The van der Waals surface area contributed by atoms with Gasteiger partial charge in [-0.25, -0.2) is 9.59 Å². The van der Waals surface area contributed by atoms with Crippen molar-refractivity contribution in [3.05, 3.63) is 65.3 Å². The molecule has 0 amide bonds. The van der Waals surface area contributed by atoms with E-state index in [9.17, 15) is 9.59 Å². The zero-order valence-corrected chi connectivity index (χ0v) is 14.0. The Morgan fingerprint density at radius 1 is 1.00 bits per heavy atom. The maximum absolute atomic E-state index is 11.8. The van der Waals surface area contributed by atoms with E-state index in [1.54, 1.807) is 18.2 Å². The Balaban J connectivity index is 2.29. The second kappa shape index (κ2) is 8.17. The highest BCUT2D eigenvalue weighted by Crippen LogP contribution is 2.25. The van der Waals surface area contributed by atoms with Gasteiger partial charge in [0, 0.05) is 10.7 Å². The van der Waals surface area contributed by atoms with Crippen LogP contribution in [0.15, 0.2) is 60.3 Å². The highest BCUT2D eigenvalue weighted by atomic mass is 35.5. The lowest BCUT2D eigenvalue weighted by Crippen LogP contribution is -2.15. The second-order valence-electron chi connectivity index (χ2n) is 4.79. The molecule has 0 spiro atoms. The first kappa shape index (κ1) is 17.6. The molecule has 0 unspecified atom stereocenters. The third-order valence-electron chi connectivity index (χ3n) is 3.19. The summed E-state index contributed by atoms with van der Waals surface area (Å²) < 4.78 is 9.21. The summed E-state index contributed by atoms with van der Waals surface area (Å²) in [6.07, 6.45) is 1.04. The number of hydrogen-bond donors (Lipinski definition) is 1. The molecule has 2 rings (SSSR count). The number of esters is 2. The smallest absolute Gasteiger partial charge is 0.354 e. The average molecular weight is 346 g/mol. The van der Waals surface area contributed by atoms with E-state index in [0.29, 0.717) is 10.7 Å². The summed E-state index contributed by atoms with van der Waals surface area (Å²) in [5.41, 5.74) is 2.51. The first-order chi connectivity index (χ1) is 11.5. The molecule has 0 radical (unpaired) electrons. The van der Waals surface area contributed by atoms with Gasteiger partial charge in [0.05, 0.1) is 20.3 Å². The summed E-state index contributed by atoms with van der Waals surface area (Å²) in [5.74, 6) is -1.32. The molecule has 0 heterocycles. The van der Waals surface area contributed by atoms with Crippen molar-refractivity contribution in [3.63, 3.8) is 0 Å². The summed E-state index contributed by atoms with van der Waals surface area (Å²) in [4.78, 5) is 23.2. The summed E-state index contributed by atoms with van der Waals surface area (Å²) in [6, 6.07) is 14.8. The molecule has 2 aromatic carbocycles. The van der Waals surface area contributed by atoms with Gasteiger partial charge in [-0.15, -0.1) is 0 Å². The lowest BCUT2D eigenvalue weighted by molar-refractivity contribution is -0.138. The standard InChI is InChI=1S/C18H16ClNO4/c1-23-17(21)11-16(18(22)24-2)20-15-5-3-4-13(10-15)12-6-8-14(19)9-7-12/h3-11,20H,1-2H3/b16-11+. The number of ether oxygens (including phenoxy) is 2. The van der Waals surface area contributed by atoms with E-state index in [-0.39, 0.29) is 5.70 Å². The highest BCUT2D eigenvalue weighted by molar-refractivity contribution is 6.30. The van der Waals surface area contributed by atoms with Gasteiger partial charge in [0.15, 0.2) is 0 Å². The third-order valence-corrected chi connectivity index (χ3v) is 3.44. The third kappa shape index (κ3) is 4.60. The van der Waals surface area contributed by atoms with E-state index in [1.165, 1.54) is 14.2 Å². The summed E-state index contributed by atoms with van der Waals surface area (Å²) in [6.45, 7) is 0. The van der Waals surface area contributed by atoms with Gasteiger partial charge in [-0.2, -0.15) is 0 Å². The van der Waals surface area contributed by atoms with Crippen LogP contribution in [0.2, 0.25) is 5.02 Å². The minimum absolute atomic E-state index is 0.0161. The van der Waals surface area contributed by atoms with Gasteiger partial charge in [-0.05, 0) is 35.4 Å². The fourth-order valence-corrected chi connectivity index (χ4v) is 2.13. The zero-order chi connectivity index (χ0) is 17.5. The fourth-order valence-electron chi connectivity index (χ4n) is 2.01. The number of methoxy groups -OCH3 is 2. The van der Waals surface area contributed by atoms with Crippen LogP contribution in [0, 0.1) is 0 Å². The van der Waals surface area contributed by atoms with Crippen LogP contribution in [0.5, 0.6) is 0 Å². The Labute approximate surface area is 144 Å². The molecule has 6 heteroatoms. The van der Waals surface area contributed by atoms with E-state index in [4.69, 9.17) is 11.6 Å². The lowest BCUT2D eigenvalue weighted by atomic mass is 10.1. The molecule has 0 aromatic heterocycles. The molecule has 0 saturated carbocycles. The molecule has 124 valence electrons. The summed E-state index contributed by atoms with van der Waals surface area (Å²) >= 11 is 5.90. The maximum Gasteiger partial charge on any atom is 0.354 e. The van der Waals surface area contributed by atoms with Gasteiger partial charge in [0.25, 0.3) is 0 Å². The molecule has 0 bridgehead atoms. The Bertz CT molecular complexity index is 769. The number of benzene rings is 2. The van der Waals surface area contributed by atoms with Gasteiger partial charge in [0.1, 0.15) is 5.70 Å². The van der Waals surface area contributed by atoms with Gasteiger partial charge < -0.3 is 14.8 Å². The molecule has 0 fully saturated rings. The SMILES string of the molecule is COC(=O)/C=C(/Nc1cccc(-c2ccc(Cl)cc2)c1)C(=O)OC. The zero-order valence-electron chi connectivity index (χ0n) is 13.2. The number of rotatable bonds is 5. The van der Waals surface area contributed by atoms with Gasteiger partial charge in [-0.3, -0.25) is 0 Å². The van der Waals surface area contributed by atoms with E-state index < -0.39 is 11.9 Å². The van der Waals surface area contributed by atoms with Crippen molar-refractivity contribution in [1.29, 1.82) is 0 Å². The normalized spacial score (nSPS) is 10.9. The van der Waals surface area contributed by atoms with Gasteiger partial charge >= 0.3 is 11.9 Å². The first-order valence-electron chi connectivity index (χ1n) is 7.04. The molecule has 0 atom stereocenters. The molecular formula is C18H16ClNO4. The topological polar surface area (TPSA) is 64.6 Å². The number of nitrogens with one attached hydrogen (secondary N) is 1. The molecule has 1 N–H and O–H groups in total. The Kier molecular flexibility index (Phi) is 5.98.